The first-order chi connectivity index (χ1) is 15.8. The summed E-state index contributed by atoms with van der Waals surface area (Å²) in [6.45, 7) is 4.42. The number of fused-ring (bicyclic) bond motifs is 3. The molecule has 0 radical (unpaired) electrons. The highest BCUT2D eigenvalue weighted by Crippen LogP contribution is 2.54. The minimum Gasteiger partial charge on any atom is -0.0613 e. The molecule has 0 atom stereocenters. The van der Waals surface area contributed by atoms with Gasteiger partial charge in [-0.05, 0) is 79.2 Å². The predicted molar refractivity (Wildman–Crippen MR) is 138 cm³/mol. The topological polar surface area (TPSA) is 0 Å². The first-order valence-electron chi connectivity index (χ1n) is 11.7. The summed E-state index contributed by atoms with van der Waals surface area (Å²) in [5.74, 6) is 0. The van der Waals surface area contributed by atoms with Gasteiger partial charge in [0, 0.05) is 0 Å². The van der Waals surface area contributed by atoms with Crippen LogP contribution < -0.4 is 0 Å². The Hall–Kier alpha value is -3.64. The van der Waals surface area contributed by atoms with Gasteiger partial charge in [0.2, 0.25) is 0 Å². The Kier molecular flexibility index (Phi) is 4.47. The van der Waals surface area contributed by atoms with Gasteiger partial charge in [-0.1, -0.05) is 111 Å². The third-order valence-corrected chi connectivity index (χ3v) is 7.00. The maximum Gasteiger partial charge on any atom is -0.00139 e. The smallest absolute Gasteiger partial charge is 0.00139 e. The quantitative estimate of drug-likeness (QED) is 0.272. The molecule has 0 nitrogen and oxygen atoms in total. The van der Waals surface area contributed by atoms with Crippen molar-refractivity contribution in [3.05, 3.63) is 108 Å². The lowest BCUT2D eigenvalue weighted by molar-refractivity contribution is 1.14. The van der Waals surface area contributed by atoms with E-state index in [9.17, 15) is 0 Å². The lowest BCUT2D eigenvalue weighted by Gasteiger charge is -2.16. The van der Waals surface area contributed by atoms with Crippen molar-refractivity contribution in [2.75, 3.05) is 0 Å². The van der Waals surface area contributed by atoms with Gasteiger partial charge in [-0.2, -0.15) is 0 Å². The van der Waals surface area contributed by atoms with Crippen LogP contribution in [0.5, 0.6) is 0 Å². The third-order valence-electron chi connectivity index (χ3n) is 7.00. The van der Waals surface area contributed by atoms with Crippen molar-refractivity contribution in [1.82, 2.24) is 0 Å². The highest BCUT2D eigenvalue weighted by molar-refractivity contribution is 6.20. The molecule has 1 aliphatic carbocycles. The molecule has 0 saturated carbocycles. The average molecular weight is 411 g/mol. The summed E-state index contributed by atoms with van der Waals surface area (Å²) in [4.78, 5) is 0. The van der Waals surface area contributed by atoms with Crippen molar-refractivity contribution in [2.45, 2.75) is 26.7 Å². The summed E-state index contributed by atoms with van der Waals surface area (Å²) in [5.41, 5.74) is 13.4. The van der Waals surface area contributed by atoms with Gasteiger partial charge in [0.15, 0.2) is 0 Å². The molecular weight excluding hydrogens is 384 g/mol. The van der Waals surface area contributed by atoms with E-state index in [-0.39, 0.29) is 0 Å². The highest BCUT2D eigenvalue weighted by atomic mass is 14.3. The second-order valence-electron chi connectivity index (χ2n) is 8.72. The van der Waals surface area contributed by atoms with Crippen LogP contribution in [0.3, 0.4) is 0 Å². The third kappa shape index (κ3) is 2.83. The maximum absolute atomic E-state index is 2.33. The molecule has 0 heteroatoms. The van der Waals surface area contributed by atoms with E-state index in [0.717, 1.165) is 12.8 Å². The van der Waals surface area contributed by atoms with Crippen LogP contribution in [0.25, 0.3) is 55.3 Å². The van der Waals surface area contributed by atoms with Gasteiger partial charge in [0.1, 0.15) is 0 Å². The second kappa shape index (κ2) is 7.50. The van der Waals surface area contributed by atoms with E-state index in [0.29, 0.717) is 0 Å². The maximum atomic E-state index is 2.33. The van der Waals surface area contributed by atoms with Crippen LogP contribution in [0.4, 0.5) is 0 Å². The van der Waals surface area contributed by atoms with Gasteiger partial charge in [-0.3, -0.25) is 0 Å². The second-order valence-corrected chi connectivity index (χ2v) is 8.72. The van der Waals surface area contributed by atoms with Gasteiger partial charge in [-0.15, -0.1) is 0 Å². The van der Waals surface area contributed by atoms with Crippen LogP contribution in [0.15, 0.2) is 97.1 Å². The van der Waals surface area contributed by atoms with E-state index in [1.807, 2.05) is 0 Å². The molecule has 0 unspecified atom stereocenters. The molecule has 0 heterocycles. The Morgan fingerprint density at radius 1 is 0.438 bits per heavy atom. The molecule has 0 fully saturated rings. The summed E-state index contributed by atoms with van der Waals surface area (Å²) in [7, 11) is 0. The van der Waals surface area contributed by atoms with Crippen molar-refractivity contribution in [3.8, 4) is 44.5 Å². The van der Waals surface area contributed by atoms with Crippen molar-refractivity contribution < 1.29 is 0 Å². The van der Waals surface area contributed by atoms with Crippen LogP contribution in [-0.4, -0.2) is 0 Å². The molecule has 0 saturated heterocycles. The highest BCUT2D eigenvalue weighted by Gasteiger charge is 2.27. The van der Waals surface area contributed by atoms with E-state index in [1.165, 1.54) is 66.4 Å². The largest absolute Gasteiger partial charge is 0.0613 e. The van der Waals surface area contributed by atoms with Crippen molar-refractivity contribution in [3.63, 3.8) is 0 Å². The van der Waals surface area contributed by atoms with Crippen LogP contribution in [0.2, 0.25) is 0 Å². The molecule has 0 aliphatic heterocycles. The summed E-state index contributed by atoms with van der Waals surface area (Å²) in [5, 5.41) is 2.70. The summed E-state index contributed by atoms with van der Waals surface area (Å²) in [6.07, 6.45) is 2.13. The van der Waals surface area contributed by atoms with Gasteiger partial charge in [0.05, 0.1) is 0 Å². The molecule has 0 N–H and O–H groups in total. The number of benzene rings is 5. The SMILES string of the molecule is CCc1ccc(-c2ccc(-c3ccc(CC)cc3)c3c2-c2cccc4cccc-3c24)cc1. The molecule has 154 valence electrons. The fourth-order valence-electron chi connectivity index (χ4n) is 5.24. The number of hydrogen-bond donors (Lipinski definition) is 0. The lowest BCUT2D eigenvalue weighted by Crippen LogP contribution is -1.90. The zero-order valence-electron chi connectivity index (χ0n) is 18.7. The Labute approximate surface area is 190 Å². The average Bonchev–Trinajstić information content (AvgIpc) is 3.20. The summed E-state index contributed by atoms with van der Waals surface area (Å²) < 4.78 is 0. The molecule has 1 aliphatic rings. The first kappa shape index (κ1) is 19.1. The predicted octanol–water partition coefficient (Wildman–Crippen LogP) is 8.95. The summed E-state index contributed by atoms with van der Waals surface area (Å²) in [6, 6.07) is 36.3. The number of rotatable bonds is 4. The molecule has 0 spiro atoms. The Morgan fingerprint density at radius 2 is 0.875 bits per heavy atom. The van der Waals surface area contributed by atoms with Gasteiger partial charge in [0.25, 0.3) is 0 Å². The molecule has 5 aromatic rings. The van der Waals surface area contributed by atoms with Crippen LogP contribution >= 0.6 is 0 Å². The Balaban J connectivity index is 1.67. The monoisotopic (exact) mass is 410 g/mol. The Morgan fingerprint density at radius 3 is 1.28 bits per heavy atom. The molecular formula is C32H26. The standard InChI is InChI=1S/C32H26/c1-3-21-11-15-23(16-12-21)26-19-20-27(24-17-13-22(4-2)14-18-24)32-29-10-6-8-25-7-5-9-28(30(25)29)31(26)32/h5-20H,3-4H2,1-2H3. The Bertz CT molecular complexity index is 1340. The van der Waals surface area contributed by atoms with Gasteiger partial charge < -0.3 is 0 Å². The van der Waals surface area contributed by atoms with Crippen LogP contribution in [0.1, 0.15) is 25.0 Å². The van der Waals surface area contributed by atoms with Gasteiger partial charge >= 0.3 is 0 Å². The van der Waals surface area contributed by atoms with Gasteiger partial charge in [-0.25, -0.2) is 0 Å². The minimum absolute atomic E-state index is 1.07. The first-order valence-corrected chi connectivity index (χ1v) is 11.7. The lowest BCUT2D eigenvalue weighted by atomic mass is 9.87. The van der Waals surface area contributed by atoms with E-state index in [1.54, 1.807) is 0 Å². The van der Waals surface area contributed by atoms with E-state index in [4.69, 9.17) is 0 Å². The zero-order chi connectivity index (χ0) is 21.7. The normalized spacial score (nSPS) is 11.7. The fraction of sp³-hybridized carbons (Fsp3) is 0.125. The number of hydrogen-bond acceptors (Lipinski definition) is 0. The molecule has 0 aromatic heterocycles. The summed E-state index contributed by atoms with van der Waals surface area (Å²) >= 11 is 0. The molecule has 32 heavy (non-hydrogen) atoms. The van der Waals surface area contributed by atoms with E-state index in [2.05, 4.69) is 111 Å². The van der Waals surface area contributed by atoms with Crippen molar-refractivity contribution in [1.29, 1.82) is 0 Å². The van der Waals surface area contributed by atoms with Crippen molar-refractivity contribution in [2.24, 2.45) is 0 Å². The molecule has 6 rings (SSSR count). The van der Waals surface area contributed by atoms with E-state index < -0.39 is 0 Å². The zero-order valence-corrected chi connectivity index (χ0v) is 18.7. The minimum atomic E-state index is 1.07. The van der Waals surface area contributed by atoms with E-state index >= 15 is 0 Å². The molecule has 0 amide bonds. The van der Waals surface area contributed by atoms with Crippen LogP contribution in [-0.2, 0) is 12.8 Å². The number of aryl methyl sites for hydroxylation is 2. The van der Waals surface area contributed by atoms with Crippen LogP contribution in [0, 0.1) is 0 Å². The molecule has 5 aromatic carbocycles. The van der Waals surface area contributed by atoms with Crippen molar-refractivity contribution >= 4 is 10.8 Å². The fourth-order valence-corrected chi connectivity index (χ4v) is 5.24. The molecule has 0 bridgehead atoms.